The molecule has 0 aromatic rings. The first-order valence-electron chi connectivity index (χ1n) is 2.61. The van der Waals surface area contributed by atoms with E-state index in [4.69, 9.17) is 11.6 Å². The van der Waals surface area contributed by atoms with Gasteiger partial charge >= 0.3 is 0 Å². The van der Waals surface area contributed by atoms with Gasteiger partial charge in [0.1, 0.15) is 0 Å². The number of halogens is 1. The van der Waals surface area contributed by atoms with E-state index in [0.29, 0.717) is 6.42 Å². The van der Waals surface area contributed by atoms with E-state index in [-0.39, 0.29) is 9.90 Å². The van der Waals surface area contributed by atoms with Crippen LogP contribution in [0.4, 0.5) is 0 Å². The summed E-state index contributed by atoms with van der Waals surface area (Å²) in [6.45, 7) is 0. The van der Waals surface area contributed by atoms with Crippen LogP contribution in [0.25, 0.3) is 0 Å². The topological polar surface area (TPSA) is 34.1 Å². The van der Waals surface area contributed by atoms with Crippen molar-refractivity contribution in [2.45, 2.75) is 6.42 Å². The summed E-state index contributed by atoms with van der Waals surface area (Å²) < 4.78 is 20.7. The molecule has 0 saturated heterocycles. The zero-order valence-corrected chi connectivity index (χ0v) is 6.54. The van der Waals surface area contributed by atoms with E-state index in [0.717, 1.165) is 0 Å². The van der Waals surface area contributed by atoms with Gasteiger partial charge in [-0.25, -0.2) is 0 Å². The van der Waals surface area contributed by atoms with E-state index in [1.54, 1.807) is 12.2 Å². The summed E-state index contributed by atoms with van der Waals surface area (Å²) in [5, 5.41) is 0.191. The Labute approximate surface area is 65.3 Å². The quantitative estimate of drug-likeness (QED) is 0.514. The fraction of sp³-hybridized carbons (Fsp3) is 0.167. The lowest BCUT2D eigenvalue weighted by Crippen LogP contribution is -2.00. The van der Waals surface area contributed by atoms with Crippen molar-refractivity contribution in [2.24, 2.45) is 0 Å². The number of allylic oxidation sites excluding steroid dienone is 4. The molecule has 0 fully saturated rings. The fourth-order valence-electron chi connectivity index (χ4n) is 0.609. The molecule has 0 aromatic carbocycles. The van der Waals surface area contributed by atoms with Crippen molar-refractivity contribution in [1.29, 1.82) is 0 Å². The third-order valence-electron chi connectivity index (χ3n) is 1.08. The van der Waals surface area contributed by atoms with Crippen LogP contribution in [0.5, 0.6) is 0 Å². The second-order valence-corrected chi connectivity index (χ2v) is 3.06. The van der Waals surface area contributed by atoms with Gasteiger partial charge in [0.2, 0.25) is 10.3 Å². The Morgan fingerprint density at radius 2 is 2.30 bits per heavy atom. The molecule has 0 aliphatic heterocycles. The monoisotopic (exact) mass is 175 g/mol. The maximum atomic E-state index is 10.3. The van der Waals surface area contributed by atoms with E-state index in [1.165, 1.54) is 0 Å². The molecule has 0 bridgehead atoms. The van der Waals surface area contributed by atoms with Crippen LogP contribution in [0.1, 0.15) is 6.42 Å². The van der Waals surface area contributed by atoms with E-state index >= 15 is 0 Å². The second kappa shape index (κ2) is 3.03. The number of hydrogen-bond acceptors (Lipinski definition) is 2. The summed E-state index contributed by atoms with van der Waals surface area (Å²) >= 11 is 5.50. The Kier molecular flexibility index (Phi) is 2.29. The largest absolute Gasteiger partial charge is 0.219 e. The van der Waals surface area contributed by atoms with Crippen molar-refractivity contribution in [1.82, 2.24) is 0 Å². The standard InChI is InChI=1S/C6H4ClO2S/c7-5-3-1-2-4-6(5)10(8)9/h1-2H,4H2. The van der Waals surface area contributed by atoms with Gasteiger partial charge in [-0.3, -0.25) is 0 Å². The maximum Gasteiger partial charge on any atom is 0.219 e. The van der Waals surface area contributed by atoms with Crippen molar-refractivity contribution in [3.63, 3.8) is 0 Å². The Hall–Kier alpha value is -0.540. The summed E-state index contributed by atoms with van der Waals surface area (Å²) in [6.07, 6.45) is 6.26. The minimum absolute atomic E-state index is 0.191. The molecule has 0 spiro atoms. The van der Waals surface area contributed by atoms with E-state index in [2.05, 4.69) is 6.08 Å². The molecule has 1 aliphatic rings. The predicted molar refractivity (Wildman–Crippen MR) is 40.3 cm³/mol. The van der Waals surface area contributed by atoms with Crippen molar-refractivity contribution in [3.8, 4) is 0 Å². The summed E-state index contributed by atoms with van der Waals surface area (Å²) in [6, 6.07) is 0. The smallest absolute Gasteiger partial charge is 0.184 e. The van der Waals surface area contributed by atoms with Crippen LogP contribution in [0.2, 0.25) is 0 Å². The molecule has 0 aromatic heterocycles. The summed E-state index contributed by atoms with van der Waals surface area (Å²) in [5.41, 5.74) is 0. The highest BCUT2D eigenvalue weighted by atomic mass is 35.5. The highest BCUT2D eigenvalue weighted by Crippen LogP contribution is 2.10. The van der Waals surface area contributed by atoms with Crippen molar-refractivity contribution >= 4 is 26.8 Å². The summed E-state index contributed by atoms with van der Waals surface area (Å²) in [7, 11) is -2.20. The minimum Gasteiger partial charge on any atom is -0.184 e. The normalized spacial score (nSPS) is 16.9. The first-order chi connectivity index (χ1) is 4.72. The molecule has 0 N–H and O–H groups in total. The lowest BCUT2D eigenvalue weighted by atomic mass is 10.2. The van der Waals surface area contributed by atoms with Gasteiger partial charge in [0.25, 0.3) is 0 Å². The molecule has 0 atom stereocenters. The van der Waals surface area contributed by atoms with Crippen LogP contribution in [-0.2, 0) is 10.3 Å². The zero-order valence-electron chi connectivity index (χ0n) is 4.96. The summed E-state index contributed by atoms with van der Waals surface area (Å²) in [4.78, 5) is 0.212. The van der Waals surface area contributed by atoms with Gasteiger partial charge in [-0.1, -0.05) is 23.8 Å². The predicted octanol–water partition coefficient (Wildman–Crippen LogP) is 0.924. The average Bonchev–Trinajstić information content (AvgIpc) is 1.88. The van der Waals surface area contributed by atoms with Gasteiger partial charge in [0.05, 0.1) is 9.90 Å². The third kappa shape index (κ3) is 1.49. The van der Waals surface area contributed by atoms with Gasteiger partial charge in [0.15, 0.2) is 0 Å². The Bertz CT molecular complexity index is 314. The van der Waals surface area contributed by atoms with Crippen molar-refractivity contribution in [3.05, 3.63) is 23.3 Å². The molecule has 0 heterocycles. The Balaban J connectivity index is 3.19. The van der Waals surface area contributed by atoms with Crippen molar-refractivity contribution in [2.75, 3.05) is 0 Å². The van der Waals surface area contributed by atoms with Crippen LogP contribution in [-0.4, -0.2) is 13.3 Å². The van der Waals surface area contributed by atoms with E-state index in [9.17, 15) is 8.42 Å². The third-order valence-corrected chi connectivity index (χ3v) is 2.30. The van der Waals surface area contributed by atoms with Crippen LogP contribution in [0, 0.1) is 6.08 Å². The van der Waals surface area contributed by atoms with Crippen LogP contribution >= 0.6 is 11.6 Å². The molecule has 1 rings (SSSR count). The molecule has 0 unspecified atom stereocenters. The van der Waals surface area contributed by atoms with Gasteiger partial charge in [-0.05, 0) is 0 Å². The molecule has 0 amide bonds. The Morgan fingerprint density at radius 1 is 1.60 bits per heavy atom. The lowest BCUT2D eigenvalue weighted by molar-refractivity contribution is 0.627. The molecular formula is C6H4ClO2S. The van der Waals surface area contributed by atoms with E-state index < -0.39 is 10.3 Å². The highest BCUT2D eigenvalue weighted by Gasteiger charge is 2.06. The van der Waals surface area contributed by atoms with Gasteiger partial charge < -0.3 is 0 Å². The number of rotatable bonds is 0. The SMILES string of the molecule is O=S(=O)=C1CC=C[C]=C1Cl. The van der Waals surface area contributed by atoms with Crippen LogP contribution in [0.3, 0.4) is 0 Å². The highest BCUT2D eigenvalue weighted by molar-refractivity contribution is 7.73. The minimum atomic E-state index is -2.20. The number of hydrogen-bond donors (Lipinski definition) is 0. The zero-order chi connectivity index (χ0) is 7.56. The van der Waals surface area contributed by atoms with Crippen LogP contribution < -0.4 is 0 Å². The molecule has 1 radical (unpaired) electrons. The molecule has 4 heteroatoms. The first kappa shape index (κ1) is 7.57. The van der Waals surface area contributed by atoms with Crippen LogP contribution in [0.15, 0.2) is 17.2 Å². The maximum absolute atomic E-state index is 10.3. The molecule has 2 nitrogen and oxygen atoms in total. The average molecular weight is 176 g/mol. The summed E-state index contributed by atoms with van der Waals surface area (Å²) in [5.74, 6) is 0. The molecular weight excluding hydrogens is 172 g/mol. The lowest BCUT2D eigenvalue weighted by Gasteiger charge is -1.98. The van der Waals surface area contributed by atoms with Gasteiger partial charge in [-0.15, -0.1) is 0 Å². The van der Waals surface area contributed by atoms with Crippen molar-refractivity contribution < 1.29 is 8.42 Å². The molecule has 10 heavy (non-hydrogen) atoms. The first-order valence-corrected chi connectivity index (χ1v) is 4.06. The molecule has 0 saturated carbocycles. The van der Waals surface area contributed by atoms with Gasteiger partial charge in [-0.2, -0.15) is 8.42 Å². The fourth-order valence-corrected chi connectivity index (χ4v) is 1.38. The molecule has 53 valence electrons. The van der Waals surface area contributed by atoms with E-state index in [1.807, 2.05) is 0 Å². The van der Waals surface area contributed by atoms with Gasteiger partial charge in [0, 0.05) is 12.5 Å². The second-order valence-electron chi connectivity index (χ2n) is 1.72. The Morgan fingerprint density at radius 3 is 2.70 bits per heavy atom. The molecule has 1 aliphatic carbocycles.